The standard InChI is InChI=1S/C15H18N2O3S/c18-21(19,17-13-3-4-13)15-7-5-12(6-8-15)16-10-9-14-2-1-11-20-14/h1-2,5-8,11,13,16-17H,3-4,9-10H2. The minimum absolute atomic E-state index is 0.126. The van der Waals surface area contributed by atoms with E-state index in [1.807, 2.05) is 12.1 Å². The van der Waals surface area contributed by atoms with Gasteiger partial charge in [-0.2, -0.15) is 0 Å². The monoisotopic (exact) mass is 306 g/mol. The van der Waals surface area contributed by atoms with Gasteiger partial charge in [0.1, 0.15) is 5.76 Å². The summed E-state index contributed by atoms with van der Waals surface area (Å²) in [4.78, 5) is 0.311. The zero-order valence-corrected chi connectivity index (χ0v) is 12.4. The van der Waals surface area contributed by atoms with Crippen LogP contribution in [0.5, 0.6) is 0 Å². The zero-order valence-electron chi connectivity index (χ0n) is 11.6. The van der Waals surface area contributed by atoms with Crippen LogP contribution < -0.4 is 10.0 Å². The van der Waals surface area contributed by atoms with Crippen LogP contribution >= 0.6 is 0 Å². The van der Waals surface area contributed by atoms with Gasteiger partial charge in [0.25, 0.3) is 0 Å². The van der Waals surface area contributed by atoms with Gasteiger partial charge in [0.05, 0.1) is 11.2 Å². The first kappa shape index (κ1) is 14.2. The zero-order chi connectivity index (χ0) is 14.7. The lowest BCUT2D eigenvalue weighted by Gasteiger charge is -2.08. The van der Waals surface area contributed by atoms with Crippen LogP contribution in [0.15, 0.2) is 52.0 Å². The van der Waals surface area contributed by atoms with Crippen LogP contribution in [0.1, 0.15) is 18.6 Å². The Morgan fingerprint density at radius 2 is 1.90 bits per heavy atom. The summed E-state index contributed by atoms with van der Waals surface area (Å²) in [5, 5.41) is 3.24. The number of furan rings is 1. The fraction of sp³-hybridized carbons (Fsp3) is 0.333. The number of sulfonamides is 1. The number of nitrogens with one attached hydrogen (secondary N) is 2. The van der Waals surface area contributed by atoms with E-state index >= 15 is 0 Å². The highest BCUT2D eigenvalue weighted by atomic mass is 32.2. The van der Waals surface area contributed by atoms with Crippen molar-refractivity contribution in [1.29, 1.82) is 0 Å². The van der Waals surface area contributed by atoms with Crippen LogP contribution in [-0.4, -0.2) is 21.0 Å². The fourth-order valence-electron chi connectivity index (χ4n) is 2.03. The Kier molecular flexibility index (Phi) is 3.98. The predicted molar refractivity (Wildman–Crippen MR) is 80.7 cm³/mol. The minimum Gasteiger partial charge on any atom is -0.469 e. The normalized spacial score (nSPS) is 15.0. The average Bonchev–Trinajstić information content (AvgIpc) is 3.11. The third kappa shape index (κ3) is 3.86. The first-order valence-corrected chi connectivity index (χ1v) is 8.50. The summed E-state index contributed by atoms with van der Waals surface area (Å²) in [7, 11) is -3.36. The van der Waals surface area contributed by atoms with E-state index in [1.54, 1.807) is 30.5 Å². The number of hydrogen-bond acceptors (Lipinski definition) is 4. The molecule has 1 aromatic carbocycles. The molecule has 2 aromatic rings. The molecular weight excluding hydrogens is 288 g/mol. The predicted octanol–water partition coefficient (Wildman–Crippen LogP) is 2.37. The van der Waals surface area contributed by atoms with Crippen LogP contribution in [0.2, 0.25) is 0 Å². The largest absolute Gasteiger partial charge is 0.469 e. The average molecular weight is 306 g/mol. The van der Waals surface area contributed by atoms with Crippen molar-refractivity contribution in [2.45, 2.75) is 30.2 Å². The maximum Gasteiger partial charge on any atom is 0.240 e. The van der Waals surface area contributed by atoms with Crippen molar-refractivity contribution in [2.24, 2.45) is 0 Å². The lowest BCUT2D eigenvalue weighted by molar-refractivity contribution is 0.513. The molecule has 21 heavy (non-hydrogen) atoms. The third-order valence-corrected chi connectivity index (χ3v) is 4.88. The molecule has 1 aliphatic carbocycles. The SMILES string of the molecule is O=S(=O)(NC1CC1)c1ccc(NCCc2ccco2)cc1. The number of hydrogen-bond donors (Lipinski definition) is 2. The summed E-state index contributed by atoms with van der Waals surface area (Å²) in [5.41, 5.74) is 0.895. The second kappa shape index (κ2) is 5.91. The van der Waals surface area contributed by atoms with Gasteiger partial charge >= 0.3 is 0 Å². The van der Waals surface area contributed by atoms with Crippen molar-refractivity contribution >= 4 is 15.7 Å². The van der Waals surface area contributed by atoms with Gasteiger partial charge in [-0.1, -0.05) is 0 Å². The molecule has 0 unspecified atom stereocenters. The van der Waals surface area contributed by atoms with Crippen LogP contribution in [0.3, 0.4) is 0 Å². The molecule has 1 aliphatic rings. The molecule has 0 spiro atoms. The molecule has 1 aromatic heterocycles. The molecule has 112 valence electrons. The summed E-state index contributed by atoms with van der Waals surface area (Å²) in [6.45, 7) is 0.736. The molecule has 0 saturated heterocycles. The van der Waals surface area contributed by atoms with Crippen molar-refractivity contribution in [1.82, 2.24) is 4.72 Å². The molecular formula is C15H18N2O3S. The molecule has 0 bridgehead atoms. The van der Waals surface area contributed by atoms with Crippen molar-refractivity contribution in [3.05, 3.63) is 48.4 Å². The number of anilines is 1. The molecule has 6 heteroatoms. The van der Waals surface area contributed by atoms with Crippen LogP contribution in [0, 0.1) is 0 Å². The Bertz CT molecular complexity index is 674. The van der Waals surface area contributed by atoms with Gasteiger partial charge in [0.2, 0.25) is 10.0 Å². The van der Waals surface area contributed by atoms with Gasteiger partial charge in [0.15, 0.2) is 0 Å². The quantitative estimate of drug-likeness (QED) is 0.824. The van der Waals surface area contributed by atoms with Gasteiger partial charge in [-0.15, -0.1) is 0 Å². The van der Waals surface area contributed by atoms with Gasteiger partial charge < -0.3 is 9.73 Å². The molecule has 5 nitrogen and oxygen atoms in total. The highest BCUT2D eigenvalue weighted by Crippen LogP contribution is 2.22. The topological polar surface area (TPSA) is 71.3 Å². The van der Waals surface area contributed by atoms with E-state index in [-0.39, 0.29) is 6.04 Å². The van der Waals surface area contributed by atoms with E-state index in [1.165, 1.54) is 0 Å². The third-order valence-electron chi connectivity index (χ3n) is 3.34. The Hall–Kier alpha value is -1.79. The van der Waals surface area contributed by atoms with E-state index in [0.717, 1.165) is 37.3 Å². The molecule has 1 heterocycles. The highest BCUT2D eigenvalue weighted by Gasteiger charge is 2.27. The maximum absolute atomic E-state index is 12.0. The summed E-state index contributed by atoms with van der Waals surface area (Å²) in [5.74, 6) is 0.926. The van der Waals surface area contributed by atoms with Gasteiger partial charge in [-0.25, -0.2) is 13.1 Å². The molecule has 1 saturated carbocycles. The summed E-state index contributed by atoms with van der Waals surface area (Å²) < 4.78 is 32.0. The Morgan fingerprint density at radius 1 is 1.14 bits per heavy atom. The highest BCUT2D eigenvalue weighted by molar-refractivity contribution is 7.89. The lowest BCUT2D eigenvalue weighted by atomic mass is 10.3. The molecule has 0 radical (unpaired) electrons. The van der Waals surface area contributed by atoms with Gasteiger partial charge in [-0.05, 0) is 49.2 Å². The van der Waals surface area contributed by atoms with Crippen molar-refractivity contribution in [3.8, 4) is 0 Å². The second-order valence-electron chi connectivity index (χ2n) is 5.18. The van der Waals surface area contributed by atoms with Crippen LogP contribution in [0.25, 0.3) is 0 Å². The smallest absolute Gasteiger partial charge is 0.240 e. The van der Waals surface area contributed by atoms with E-state index in [4.69, 9.17) is 4.42 Å². The molecule has 3 rings (SSSR count). The first-order chi connectivity index (χ1) is 10.1. The van der Waals surface area contributed by atoms with Crippen molar-refractivity contribution < 1.29 is 12.8 Å². The number of benzene rings is 1. The summed E-state index contributed by atoms with van der Waals surface area (Å²) in [6, 6.07) is 10.7. The van der Waals surface area contributed by atoms with Crippen molar-refractivity contribution in [3.63, 3.8) is 0 Å². The molecule has 0 aliphatic heterocycles. The molecule has 2 N–H and O–H groups in total. The summed E-state index contributed by atoms with van der Waals surface area (Å²) in [6.07, 6.45) is 4.31. The molecule has 0 amide bonds. The fourth-order valence-corrected chi connectivity index (χ4v) is 3.33. The lowest BCUT2D eigenvalue weighted by Crippen LogP contribution is -2.25. The van der Waals surface area contributed by atoms with E-state index in [9.17, 15) is 8.42 Å². The van der Waals surface area contributed by atoms with Gasteiger partial charge in [0, 0.05) is 24.7 Å². The number of rotatable bonds is 7. The molecule has 1 fully saturated rings. The summed E-state index contributed by atoms with van der Waals surface area (Å²) >= 11 is 0. The Labute approximate surface area is 124 Å². The second-order valence-corrected chi connectivity index (χ2v) is 6.89. The Balaban J connectivity index is 1.56. The first-order valence-electron chi connectivity index (χ1n) is 7.02. The Morgan fingerprint density at radius 3 is 2.52 bits per heavy atom. The molecule has 0 atom stereocenters. The maximum atomic E-state index is 12.0. The van der Waals surface area contributed by atoms with Crippen LogP contribution in [-0.2, 0) is 16.4 Å². The van der Waals surface area contributed by atoms with Gasteiger partial charge in [-0.3, -0.25) is 0 Å². The van der Waals surface area contributed by atoms with E-state index in [0.29, 0.717) is 4.90 Å². The van der Waals surface area contributed by atoms with Crippen molar-refractivity contribution in [2.75, 3.05) is 11.9 Å². The van der Waals surface area contributed by atoms with Crippen LogP contribution in [0.4, 0.5) is 5.69 Å². The van der Waals surface area contributed by atoms with E-state index in [2.05, 4.69) is 10.0 Å². The van der Waals surface area contributed by atoms with E-state index < -0.39 is 10.0 Å². The minimum atomic E-state index is -3.36.